The highest BCUT2D eigenvalue weighted by Crippen LogP contribution is 2.67. The van der Waals surface area contributed by atoms with Crippen molar-refractivity contribution in [3.05, 3.63) is 65.8 Å². The normalized spacial score (nSPS) is 23.8. The lowest BCUT2D eigenvalue weighted by molar-refractivity contribution is 0.194. The van der Waals surface area contributed by atoms with Gasteiger partial charge in [0, 0.05) is 17.4 Å². The summed E-state index contributed by atoms with van der Waals surface area (Å²) in [5, 5.41) is 0. The minimum Gasteiger partial charge on any atom is -0.497 e. The maximum atomic E-state index is 12.7. The average molecular weight is 359 g/mol. The van der Waals surface area contributed by atoms with Crippen LogP contribution in [0.4, 0.5) is 8.78 Å². The maximum absolute atomic E-state index is 12.7. The molecule has 0 heterocycles. The molecule has 2 atom stereocenters. The van der Waals surface area contributed by atoms with Gasteiger partial charge >= 0.3 is 0 Å². The summed E-state index contributed by atoms with van der Waals surface area (Å²) in [6.07, 6.45) is 1.60. The van der Waals surface area contributed by atoms with E-state index in [2.05, 4.69) is 6.58 Å². The Labute approximate surface area is 145 Å². The topological polar surface area (TPSA) is 9.23 Å². The third-order valence-electron chi connectivity index (χ3n) is 4.05. The smallest absolute Gasteiger partial charge is 0.263 e. The van der Waals surface area contributed by atoms with Crippen molar-refractivity contribution in [2.24, 2.45) is 5.92 Å². The summed E-state index contributed by atoms with van der Waals surface area (Å²) in [5.74, 6) is 0.572. The van der Waals surface area contributed by atoms with Crippen LogP contribution >= 0.6 is 23.2 Å². The zero-order valence-electron chi connectivity index (χ0n) is 12.9. The summed E-state index contributed by atoms with van der Waals surface area (Å²) >= 11 is 12.8. The number of allylic oxidation sites excluding steroid dienone is 5. The molecule has 0 saturated heterocycles. The highest BCUT2D eigenvalue weighted by Gasteiger charge is 2.64. The molecule has 124 valence electrons. The zero-order valence-corrected chi connectivity index (χ0v) is 14.4. The number of ether oxygens (including phenoxy) is 1. The highest BCUT2D eigenvalue weighted by atomic mass is 35.5. The number of methoxy groups -OCH3 is 1. The molecule has 23 heavy (non-hydrogen) atoms. The third-order valence-corrected chi connectivity index (χ3v) is 4.99. The molecule has 2 unspecified atom stereocenters. The Bertz CT molecular complexity index is 633. The second-order valence-corrected chi connectivity index (χ2v) is 6.93. The van der Waals surface area contributed by atoms with Gasteiger partial charge in [-0.2, -0.15) is 0 Å². The van der Waals surface area contributed by atoms with Crippen LogP contribution in [0, 0.1) is 5.92 Å². The van der Waals surface area contributed by atoms with E-state index in [0.29, 0.717) is 0 Å². The van der Waals surface area contributed by atoms with Crippen LogP contribution in [-0.2, 0) is 0 Å². The van der Waals surface area contributed by atoms with Gasteiger partial charge < -0.3 is 4.74 Å². The monoisotopic (exact) mass is 358 g/mol. The van der Waals surface area contributed by atoms with Crippen LogP contribution in [0.5, 0.6) is 5.75 Å². The van der Waals surface area contributed by atoms with Crippen molar-refractivity contribution in [3.63, 3.8) is 0 Å². The predicted octanol–water partition coefficient (Wildman–Crippen LogP) is 5.91. The molecule has 1 saturated carbocycles. The molecule has 0 N–H and O–H groups in total. The first-order valence-corrected chi connectivity index (χ1v) is 7.89. The van der Waals surface area contributed by atoms with Crippen molar-refractivity contribution in [1.29, 1.82) is 0 Å². The molecule has 0 amide bonds. The fourth-order valence-corrected chi connectivity index (χ4v) is 3.65. The summed E-state index contributed by atoms with van der Waals surface area (Å²) in [7, 11) is 1.60. The Kier molecular flexibility index (Phi) is 5.53. The molecular formula is C18H18Cl2F2O. The quantitative estimate of drug-likeness (QED) is 0.453. The third kappa shape index (κ3) is 3.78. The van der Waals surface area contributed by atoms with Crippen LogP contribution in [0.3, 0.4) is 0 Å². The van der Waals surface area contributed by atoms with Gasteiger partial charge in [-0.1, -0.05) is 42.5 Å². The van der Waals surface area contributed by atoms with E-state index in [1.54, 1.807) is 13.2 Å². The Morgan fingerprint density at radius 2 is 1.87 bits per heavy atom. The number of benzene rings is 1. The Balaban J connectivity index is 2.21. The molecule has 5 heteroatoms. The van der Waals surface area contributed by atoms with E-state index in [-0.39, 0.29) is 17.4 Å². The first kappa shape index (κ1) is 18.0. The molecule has 0 aromatic heterocycles. The van der Waals surface area contributed by atoms with Crippen LogP contribution < -0.4 is 4.74 Å². The van der Waals surface area contributed by atoms with Gasteiger partial charge in [-0.25, -0.2) is 8.78 Å². The molecule has 1 aliphatic carbocycles. The Morgan fingerprint density at radius 3 is 2.35 bits per heavy atom. The van der Waals surface area contributed by atoms with Crippen LogP contribution in [-0.4, -0.2) is 17.9 Å². The minimum absolute atomic E-state index is 0.0693. The van der Waals surface area contributed by atoms with Crippen molar-refractivity contribution in [2.75, 3.05) is 7.11 Å². The van der Waals surface area contributed by atoms with E-state index in [4.69, 9.17) is 27.9 Å². The lowest BCUT2D eigenvalue weighted by Gasteiger charge is -2.03. The number of alkyl halides is 4. The lowest BCUT2D eigenvalue weighted by atomic mass is 10.0. The van der Waals surface area contributed by atoms with E-state index in [0.717, 1.165) is 23.0 Å². The van der Waals surface area contributed by atoms with Gasteiger partial charge in [0.2, 0.25) is 0 Å². The first-order chi connectivity index (χ1) is 10.8. The van der Waals surface area contributed by atoms with Gasteiger partial charge in [-0.3, -0.25) is 0 Å². The second kappa shape index (κ2) is 7.06. The molecule has 1 aromatic carbocycles. The molecule has 0 bridgehead atoms. The predicted molar refractivity (Wildman–Crippen MR) is 91.7 cm³/mol. The Morgan fingerprint density at radius 1 is 1.26 bits per heavy atom. The number of hydrogen-bond acceptors (Lipinski definition) is 1. The van der Waals surface area contributed by atoms with Crippen LogP contribution in [0.25, 0.3) is 0 Å². The fraction of sp³-hybridized carbons (Fsp3) is 0.333. The Hall–Kier alpha value is -1.32. The van der Waals surface area contributed by atoms with Gasteiger partial charge in [0.25, 0.3) is 6.43 Å². The standard InChI is InChI=1S/C18H18Cl2F2O/c1-4-12(17(21)22)6-5-11(2)15-16(18(15,19)20)13-7-9-14(23-3)10-8-13/h4-10,15-17H,1H2,2-3H3/b11-5+,12-6+. The van der Waals surface area contributed by atoms with E-state index >= 15 is 0 Å². The molecular weight excluding hydrogens is 341 g/mol. The highest BCUT2D eigenvalue weighted by molar-refractivity contribution is 6.52. The van der Waals surface area contributed by atoms with Gasteiger partial charge in [0.05, 0.1) is 7.11 Å². The molecule has 1 nitrogen and oxygen atoms in total. The average Bonchev–Trinajstić information content (AvgIpc) is 3.10. The van der Waals surface area contributed by atoms with Crippen molar-refractivity contribution < 1.29 is 13.5 Å². The molecule has 1 aliphatic rings. The molecule has 0 radical (unpaired) electrons. The largest absolute Gasteiger partial charge is 0.497 e. The number of rotatable bonds is 6. The summed E-state index contributed by atoms with van der Waals surface area (Å²) in [6, 6.07) is 7.53. The van der Waals surface area contributed by atoms with Crippen molar-refractivity contribution >= 4 is 23.2 Å². The zero-order chi connectivity index (χ0) is 17.2. The molecule has 0 spiro atoms. The van der Waals surface area contributed by atoms with Crippen molar-refractivity contribution in [2.45, 2.75) is 23.6 Å². The molecule has 2 rings (SSSR count). The minimum atomic E-state index is -2.55. The SMILES string of the molecule is C=C/C(=C\C=C(/C)C1C(c2ccc(OC)cc2)C1(Cl)Cl)C(F)F. The van der Waals surface area contributed by atoms with E-state index < -0.39 is 10.8 Å². The van der Waals surface area contributed by atoms with Crippen molar-refractivity contribution in [3.8, 4) is 5.75 Å². The first-order valence-electron chi connectivity index (χ1n) is 7.13. The van der Waals surface area contributed by atoms with Crippen LogP contribution in [0.2, 0.25) is 0 Å². The second-order valence-electron chi connectivity index (χ2n) is 5.49. The van der Waals surface area contributed by atoms with Gasteiger partial charge in [-0.15, -0.1) is 23.2 Å². The van der Waals surface area contributed by atoms with E-state index in [1.165, 1.54) is 6.08 Å². The number of hydrogen-bond donors (Lipinski definition) is 0. The van der Waals surface area contributed by atoms with E-state index in [9.17, 15) is 8.78 Å². The fourth-order valence-electron chi connectivity index (χ4n) is 2.68. The lowest BCUT2D eigenvalue weighted by Crippen LogP contribution is -1.94. The molecule has 1 aromatic rings. The van der Waals surface area contributed by atoms with Gasteiger partial charge in [0.1, 0.15) is 10.1 Å². The number of halogens is 4. The van der Waals surface area contributed by atoms with Crippen LogP contribution in [0.1, 0.15) is 18.4 Å². The summed E-state index contributed by atoms with van der Waals surface area (Å²) < 4.78 is 29.6. The molecule has 0 aliphatic heterocycles. The summed E-state index contributed by atoms with van der Waals surface area (Å²) in [6.45, 7) is 5.23. The van der Waals surface area contributed by atoms with Crippen molar-refractivity contribution in [1.82, 2.24) is 0 Å². The van der Waals surface area contributed by atoms with Gasteiger partial charge in [-0.05, 0) is 24.6 Å². The maximum Gasteiger partial charge on any atom is 0.263 e. The van der Waals surface area contributed by atoms with Gasteiger partial charge in [0.15, 0.2) is 0 Å². The summed E-state index contributed by atoms with van der Waals surface area (Å²) in [4.78, 5) is 0. The van der Waals surface area contributed by atoms with E-state index in [1.807, 2.05) is 31.2 Å². The summed E-state index contributed by atoms with van der Waals surface area (Å²) in [5.41, 5.74) is 1.73. The molecule has 1 fully saturated rings. The van der Waals surface area contributed by atoms with Crippen LogP contribution in [0.15, 0.2) is 60.2 Å².